The summed E-state index contributed by atoms with van der Waals surface area (Å²) in [5.74, 6) is 0.124. The fourth-order valence-electron chi connectivity index (χ4n) is 1.50. The molecule has 0 saturated carbocycles. The minimum atomic E-state index is 0. The summed E-state index contributed by atoms with van der Waals surface area (Å²) >= 11 is 0. The molecule has 0 spiro atoms. The van der Waals surface area contributed by atoms with Crippen LogP contribution in [-0.4, -0.2) is 12.3 Å². The molecule has 0 aliphatic heterocycles. The SMILES string of the molecule is CC(=O)c1ccc[c-]1CCN.[Fe+2].c1cc[cH-]c1. The molecule has 2 N–H and O–H groups in total. The molecule has 0 aromatic heterocycles. The van der Waals surface area contributed by atoms with E-state index in [2.05, 4.69) is 0 Å². The number of nitrogens with two attached hydrogens (primary N) is 1. The normalized spacial score (nSPS) is 8.82. The van der Waals surface area contributed by atoms with E-state index in [9.17, 15) is 4.79 Å². The van der Waals surface area contributed by atoms with E-state index < -0.39 is 0 Å². The van der Waals surface area contributed by atoms with E-state index in [0.29, 0.717) is 6.54 Å². The molecular formula is C14H17FeNO. The van der Waals surface area contributed by atoms with Crippen molar-refractivity contribution >= 4 is 5.78 Å². The van der Waals surface area contributed by atoms with Crippen LogP contribution in [0.15, 0.2) is 48.5 Å². The number of ketones is 1. The summed E-state index contributed by atoms with van der Waals surface area (Å²) in [7, 11) is 0. The number of hydrogen-bond donors (Lipinski definition) is 1. The van der Waals surface area contributed by atoms with Crippen LogP contribution in [-0.2, 0) is 23.5 Å². The Morgan fingerprint density at radius 3 is 2.41 bits per heavy atom. The predicted octanol–water partition coefficient (Wildman–Crippen LogP) is 2.51. The van der Waals surface area contributed by atoms with Gasteiger partial charge in [-0.25, -0.2) is 12.1 Å². The maximum Gasteiger partial charge on any atom is 2.00 e. The maximum atomic E-state index is 11.0. The van der Waals surface area contributed by atoms with E-state index in [1.807, 2.05) is 48.5 Å². The molecule has 0 saturated heterocycles. The fraction of sp³-hybridized carbons (Fsp3) is 0.214. The van der Waals surface area contributed by atoms with Crippen LogP contribution < -0.4 is 5.73 Å². The summed E-state index contributed by atoms with van der Waals surface area (Å²) in [4.78, 5) is 11.0. The van der Waals surface area contributed by atoms with Gasteiger partial charge in [-0.05, 0) is 13.5 Å². The molecular weight excluding hydrogens is 254 g/mol. The zero-order valence-corrected chi connectivity index (χ0v) is 11.0. The second-order valence-corrected chi connectivity index (χ2v) is 3.52. The Morgan fingerprint density at radius 1 is 1.35 bits per heavy atom. The Hall–Kier alpha value is -1.15. The Bertz CT molecular complexity index is 386. The van der Waals surface area contributed by atoms with Gasteiger partial charge in [-0.3, -0.25) is 0 Å². The quantitative estimate of drug-likeness (QED) is 0.529. The first-order chi connectivity index (χ1) is 7.75. The van der Waals surface area contributed by atoms with Gasteiger partial charge in [-0.2, -0.15) is 36.4 Å². The molecule has 0 bridgehead atoms. The fourth-order valence-corrected chi connectivity index (χ4v) is 1.50. The van der Waals surface area contributed by atoms with Crippen LogP contribution in [0.2, 0.25) is 0 Å². The third kappa shape index (κ3) is 5.64. The average Bonchev–Trinajstić information content (AvgIpc) is 2.91. The van der Waals surface area contributed by atoms with E-state index in [1.54, 1.807) is 6.92 Å². The van der Waals surface area contributed by atoms with Gasteiger partial charge in [0.05, 0.1) is 5.78 Å². The smallest absolute Gasteiger partial charge is 0.352 e. The summed E-state index contributed by atoms with van der Waals surface area (Å²) < 4.78 is 0. The van der Waals surface area contributed by atoms with Crippen molar-refractivity contribution in [2.45, 2.75) is 13.3 Å². The number of rotatable bonds is 3. The minimum absolute atomic E-state index is 0. The molecule has 0 fully saturated rings. The summed E-state index contributed by atoms with van der Waals surface area (Å²) in [6.07, 6.45) is 0.794. The minimum Gasteiger partial charge on any atom is -0.352 e. The average molecular weight is 271 g/mol. The van der Waals surface area contributed by atoms with E-state index in [0.717, 1.165) is 17.5 Å². The number of Topliss-reactive ketones (excluding diaryl/α,β-unsaturated/α-hetero) is 1. The molecule has 2 rings (SSSR count). The first-order valence-corrected chi connectivity index (χ1v) is 5.38. The van der Waals surface area contributed by atoms with Crippen molar-refractivity contribution in [1.82, 2.24) is 0 Å². The second-order valence-electron chi connectivity index (χ2n) is 3.52. The number of hydrogen-bond acceptors (Lipinski definition) is 2. The van der Waals surface area contributed by atoms with Crippen LogP contribution >= 0.6 is 0 Å². The Kier molecular flexibility index (Phi) is 8.33. The summed E-state index contributed by atoms with van der Waals surface area (Å²) in [5, 5.41) is 0. The third-order valence-electron chi connectivity index (χ3n) is 2.25. The van der Waals surface area contributed by atoms with Crippen molar-refractivity contribution < 1.29 is 21.9 Å². The Morgan fingerprint density at radius 2 is 2.00 bits per heavy atom. The molecule has 0 aliphatic rings. The molecule has 2 aromatic rings. The van der Waals surface area contributed by atoms with Crippen molar-refractivity contribution in [3.8, 4) is 0 Å². The molecule has 2 aromatic carbocycles. The first kappa shape index (κ1) is 15.8. The van der Waals surface area contributed by atoms with Crippen LogP contribution in [0.4, 0.5) is 0 Å². The van der Waals surface area contributed by atoms with Crippen molar-refractivity contribution in [1.29, 1.82) is 0 Å². The maximum absolute atomic E-state index is 11.0. The van der Waals surface area contributed by atoms with Crippen molar-refractivity contribution in [2.24, 2.45) is 5.73 Å². The van der Waals surface area contributed by atoms with Gasteiger partial charge in [0.1, 0.15) is 0 Å². The summed E-state index contributed by atoms with van der Waals surface area (Å²) in [6, 6.07) is 15.7. The summed E-state index contributed by atoms with van der Waals surface area (Å²) in [6.45, 7) is 2.18. The Balaban J connectivity index is 0.000000360. The second kappa shape index (κ2) is 8.94. The topological polar surface area (TPSA) is 43.1 Å². The molecule has 2 nitrogen and oxygen atoms in total. The zero-order valence-electron chi connectivity index (χ0n) is 9.87. The van der Waals surface area contributed by atoms with Gasteiger partial charge in [-0.1, -0.05) is 6.42 Å². The molecule has 0 heterocycles. The molecule has 0 unspecified atom stereocenters. The largest absolute Gasteiger partial charge is 2.00 e. The van der Waals surface area contributed by atoms with E-state index in [4.69, 9.17) is 5.73 Å². The van der Waals surface area contributed by atoms with Gasteiger partial charge < -0.3 is 10.5 Å². The van der Waals surface area contributed by atoms with Gasteiger partial charge in [0, 0.05) is 0 Å². The monoisotopic (exact) mass is 271 g/mol. The molecule has 92 valence electrons. The van der Waals surface area contributed by atoms with Crippen molar-refractivity contribution in [3.05, 3.63) is 59.7 Å². The van der Waals surface area contributed by atoms with Gasteiger partial charge in [0.25, 0.3) is 0 Å². The Labute approximate surface area is 113 Å². The molecule has 0 radical (unpaired) electrons. The van der Waals surface area contributed by atoms with E-state index in [1.165, 1.54) is 0 Å². The van der Waals surface area contributed by atoms with Crippen LogP contribution in [0.25, 0.3) is 0 Å². The van der Waals surface area contributed by atoms with Gasteiger partial charge in [-0.15, -0.1) is 11.1 Å². The van der Waals surface area contributed by atoms with E-state index >= 15 is 0 Å². The predicted molar refractivity (Wildman–Crippen MR) is 66.8 cm³/mol. The third-order valence-corrected chi connectivity index (χ3v) is 2.25. The van der Waals surface area contributed by atoms with Gasteiger partial charge in [0.2, 0.25) is 0 Å². The number of carbonyl (C=O) groups excluding carboxylic acids is 1. The molecule has 3 heteroatoms. The first-order valence-electron chi connectivity index (χ1n) is 5.38. The molecule has 0 atom stereocenters. The molecule has 0 aliphatic carbocycles. The number of carbonyl (C=O) groups is 1. The van der Waals surface area contributed by atoms with Crippen LogP contribution in [0.1, 0.15) is 22.8 Å². The van der Waals surface area contributed by atoms with Crippen LogP contribution in [0, 0.1) is 0 Å². The van der Waals surface area contributed by atoms with Crippen LogP contribution in [0.5, 0.6) is 0 Å². The van der Waals surface area contributed by atoms with Crippen molar-refractivity contribution in [3.63, 3.8) is 0 Å². The summed E-state index contributed by atoms with van der Waals surface area (Å²) in [5.41, 5.74) is 7.26. The van der Waals surface area contributed by atoms with Crippen molar-refractivity contribution in [2.75, 3.05) is 6.54 Å². The zero-order chi connectivity index (χ0) is 11.8. The van der Waals surface area contributed by atoms with Gasteiger partial charge >= 0.3 is 17.1 Å². The molecule has 0 amide bonds. The van der Waals surface area contributed by atoms with Crippen LogP contribution in [0.3, 0.4) is 0 Å². The molecule has 17 heavy (non-hydrogen) atoms. The van der Waals surface area contributed by atoms with E-state index in [-0.39, 0.29) is 22.9 Å². The standard InChI is InChI=1S/C9H12NO.C5H5.Fe/c1-7(11)9-4-2-3-8(9)5-6-10;1-2-4-5-3-1;/h2-4H,5-6,10H2,1H3;1-5H;/q2*-1;+2. The van der Waals surface area contributed by atoms with Gasteiger partial charge in [0.15, 0.2) is 0 Å².